The molecule has 1 aliphatic carbocycles. The van der Waals surface area contributed by atoms with E-state index < -0.39 is 0 Å². The summed E-state index contributed by atoms with van der Waals surface area (Å²) in [4.78, 5) is 0. The Labute approximate surface area is 85.5 Å². The van der Waals surface area contributed by atoms with Gasteiger partial charge in [0.05, 0.1) is 6.10 Å². The van der Waals surface area contributed by atoms with Crippen molar-refractivity contribution in [1.29, 1.82) is 5.41 Å². The highest BCUT2D eigenvalue weighted by atomic mass is 16.3. The molecule has 1 rings (SSSR count). The molecule has 1 aliphatic rings. The van der Waals surface area contributed by atoms with E-state index in [9.17, 15) is 5.11 Å². The molecular weight excluding hydrogens is 176 g/mol. The molecule has 4 N–H and O–H groups in total. The van der Waals surface area contributed by atoms with Crippen LogP contribution in [0.3, 0.4) is 0 Å². The van der Waals surface area contributed by atoms with E-state index in [1.165, 1.54) is 0 Å². The largest absolute Gasteiger partial charge is 0.405 e. The quantitative estimate of drug-likeness (QED) is 0.560. The van der Waals surface area contributed by atoms with E-state index in [-0.39, 0.29) is 12.0 Å². The van der Waals surface area contributed by atoms with Crippen molar-refractivity contribution in [3.05, 3.63) is 11.8 Å². The van der Waals surface area contributed by atoms with Crippen LogP contribution in [0.25, 0.3) is 0 Å². The van der Waals surface area contributed by atoms with Gasteiger partial charge < -0.3 is 16.2 Å². The number of aliphatic hydroxyl groups excluding tert-OH is 1. The fourth-order valence-electron chi connectivity index (χ4n) is 2.09. The van der Waals surface area contributed by atoms with Gasteiger partial charge in [0.25, 0.3) is 0 Å². The van der Waals surface area contributed by atoms with Crippen LogP contribution >= 0.6 is 0 Å². The summed E-state index contributed by atoms with van der Waals surface area (Å²) in [6.45, 7) is 1.84. The first-order valence-electron chi connectivity index (χ1n) is 5.29. The standard InChI is InChI=1S/C11H20N2O/c1-8(13)11-4-2-3-10(14)6-5-9(11)7-12/h7,10-11,13-14H,2-6,12H2,1H3/b9-7-,13-8?. The average molecular weight is 196 g/mol. The minimum Gasteiger partial charge on any atom is -0.405 e. The molecule has 2 atom stereocenters. The van der Waals surface area contributed by atoms with Crippen LogP contribution in [-0.4, -0.2) is 16.9 Å². The van der Waals surface area contributed by atoms with E-state index in [0.29, 0.717) is 5.71 Å². The van der Waals surface area contributed by atoms with Crippen LogP contribution < -0.4 is 5.73 Å². The van der Waals surface area contributed by atoms with Crippen LogP contribution in [0.5, 0.6) is 0 Å². The molecule has 14 heavy (non-hydrogen) atoms. The van der Waals surface area contributed by atoms with Crippen LogP contribution in [0.1, 0.15) is 39.0 Å². The van der Waals surface area contributed by atoms with Gasteiger partial charge in [-0.05, 0) is 50.8 Å². The van der Waals surface area contributed by atoms with E-state index in [0.717, 1.165) is 37.7 Å². The molecule has 0 heterocycles. The normalized spacial score (nSPS) is 32.3. The fraction of sp³-hybridized carbons (Fsp3) is 0.727. The molecule has 1 saturated carbocycles. The predicted molar refractivity (Wildman–Crippen MR) is 58.3 cm³/mol. The number of aliphatic hydroxyl groups is 1. The summed E-state index contributed by atoms with van der Waals surface area (Å²) in [5.41, 5.74) is 7.37. The van der Waals surface area contributed by atoms with Crippen molar-refractivity contribution >= 4 is 5.71 Å². The fourth-order valence-corrected chi connectivity index (χ4v) is 2.09. The van der Waals surface area contributed by atoms with Crippen molar-refractivity contribution in [1.82, 2.24) is 0 Å². The summed E-state index contributed by atoms with van der Waals surface area (Å²) in [6.07, 6.45) is 5.86. The number of nitrogens with two attached hydrogens (primary N) is 1. The third-order valence-corrected chi connectivity index (χ3v) is 2.98. The van der Waals surface area contributed by atoms with Crippen molar-refractivity contribution in [2.45, 2.75) is 45.1 Å². The van der Waals surface area contributed by atoms with Crippen LogP contribution in [0, 0.1) is 11.3 Å². The Morgan fingerprint density at radius 1 is 1.50 bits per heavy atom. The van der Waals surface area contributed by atoms with Crippen LogP contribution in [0.15, 0.2) is 11.8 Å². The second-order valence-corrected chi connectivity index (χ2v) is 4.10. The highest BCUT2D eigenvalue weighted by Gasteiger charge is 2.20. The molecule has 0 spiro atoms. The number of rotatable bonds is 1. The summed E-state index contributed by atoms with van der Waals surface area (Å²) >= 11 is 0. The van der Waals surface area contributed by atoms with Gasteiger partial charge in [-0.25, -0.2) is 0 Å². The molecule has 0 radical (unpaired) electrons. The Morgan fingerprint density at radius 2 is 2.21 bits per heavy atom. The van der Waals surface area contributed by atoms with Gasteiger partial charge in [-0.1, -0.05) is 0 Å². The second kappa shape index (κ2) is 5.15. The number of allylic oxidation sites excluding steroid dienone is 1. The molecule has 80 valence electrons. The van der Waals surface area contributed by atoms with Gasteiger partial charge in [-0.15, -0.1) is 0 Å². The number of nitrogens with one attached hydrogen (secondary N) is 1. The Kier molecular flexibility index (Phi) is 4.14. The number of hydrogen-bond acceptors (Lipinski definition) is 3. The van der Waals surface area contributed by atoms with Crippen LogP contribution in [0.4, 0.5) is 0 Å². The maximum Gasteiger partial charge on any atom is 0.0543 e. The molecule has 3 nitrogen and oxygen atoms in total. The summed E-state index contributed by atoms with van der Waals surface area (Å²) < 4.78 is 0. The minimum atomic E-state index is -0.183. The van der Waals surface area contributed by atoms with Crippen molar-refractivity contribution in [2.75, 3.05) is 0 Å². The molecule has 0 amide bonds. The zero-order valence-electron chi connectivity index (χ0n) is 8.79. The number of hydrogen-bond donors (Lipinski definition) is 3. The van der Waals surface area contributed by atoms with Crippen molar-refractivity contribution in [2.24, 2.45) is 11.7 Å². The molecule has 2 unspecified atom stereocenters. The second-order valence-electron chi connectivity index (χ2n) is 4.10. The first-order valence-corrected chi connectivity index (χ1v) is 5.29. The van der Waals surface area contributed by atoms with Gasteiger partial charge in [-0.3, -0.25) is 0 Å². The van der Waals surface area contributed by atoms with E-state index >= 15 is 0 Å². The van der Waals surface area contributed by atoms with Crippen LogP contribution in [-0.2, 0) is 0 Å². The molecule has 0 saturated heterocycles. The molecule has 0 aromatic heterocycles. The van der Waals surface area contributed by atoms with E-state index in [2.05, 4.69) is 0 Å². The monoisotopic (exact) mass is 196 g/mol. The summed E-state index contributed by atoms with van der Waals surface area (Å²) in [5.74, 6) is 0.215. The lowest BCUT2D eigenvalue weighted by Gasteiger charge is -2.24. The topological polar surface area (TPSA) is 70.1 Å². The summed E-state index contributed by atoms with van der Waals surface area (Å²) in [7, 11) is 0. The van der Waals surface area contributed by atoms with Crippen LogP contribution in [0.2, 0.25) is 0 Å². The van der Waals surface area contributed by atoms with Crippen molar-refractivity contribution in [3.63, 3.8) is 0 Å². The molecule has 3 heteroatoms. The van der Waals surface area contributed by atoms with Gasteiger partial charge in [0, 0.05) is 11.6 Å². The lowest BCUT2D eigenvalue weighted by Crippen LogP contribution is -2.20. The predicted octanol–water partition coefficient (Wildman–Crippen LogP) is 1.81. The Morgan fingerprint density at radius 3 is 2.79 bits per heavy atom. The molecular formula is C11H20N2O. The molecule has 0 aliphatic heterocycles. The zero-order valence-corrected chi connectivity index (χ0v) is 8.79. The van der Waals surface area contributed by atoms with E-state index in [4.69, 9.17) is 11.1 Å². The third kappa shape index (κ3) is 2.84. The molecule has 0 bridgehead atoms. The van der Waals surface area contributed by atoms with E-state index in [1.54, 1.807) is 6.20 Å². The Balaban J connectivity index is 2.69. The van der Waals surface area contributed by atoms with Gasteiger partial charge in [0.2, 0.25) is 0 Å². The minimum absolute atomic E-state index is 0.183. The highest BCUT2D eigenvalue weighted by Crippen LogP contribution is 2.27. The molecule has 0 aromatic carbocycles. The summed E-state index contributed by atoms with van der Waals surface area (Å²) in [6, 6.07) is 0. The maximum atomic E-state index is 9.53. The Bertz CT molecular complexity index is 235. The van der Waals surface area contributed by atoms with Crippen molar-refractivity contribution in [3.8, 4) is 0 Å². The first kappa shape index (κ1) is 11.2. The molecule has 0 aromatic rings. The van der Waals surface area contributed by atoms with Gasteiger partial charge in [0.15, 0.2) is 0 Å². The molecule has 1 fully saturated rings. The SMILES string of the molecule is CC(=N)C1CCCC(O)CC/C1=C/N. The van der Waals surface area contributed by atoms with Crippen molar-refractivity contribution < 1.29 is 5.11 Å². The Hall–Kier alpha value is -0.830. The van der Waals surface area contributed by atoms with Gasteiger partial charge in [0.1, 0.15) is 0 Å². The smallest absolute Gasteiger partial charge is 0.0543 e. The van der Waals surface area contributed by atoms with E-state index in [1.807, 2.05) is 6.92 Å². The first-order chi connectivity index (χ1) is 6.65. The lowest BCUT2D eigenvalue weighted by atomic mass is 9.83. The highest BCUT2D eigenvalue weighted by molar-refractivity contribution is 5.83. The lowest BCUT2D eigenvalue weighted by molar-refractivity contribution is 0.146. The third-order valence-electron chi connectivity index (χ3n) is 2.98. The average Bonchev–Trinajstić information content (AvgIpc) is 2.11. The van der Waals surface area contributed by atoms with Gasteiger partial charge >= 0.3 is 0 Å². The van der Waals surface area contributed by atoms with Gasteiger partial charge in [-0.2, -0.15) is 0 Å². The zero-order chi connectivity index (χ0) is 10.6. The maximum absolute atomic E-state index is 9.53. The summed E-state index contributed by atoms with van der Waals surface area (Å²) in [5, 5.41) is 17.2.